The SMILES string of the molecule is CCOC(=O)C1CCCCN1Cc1ncccn1. The van der Waals surface area contributed by atoms with Crippen molar-refractivity contribution in [3.63, 3.8) is 0 Å². The number of carbonyl (C=O) groups excluding carboxylic acids is 1. The summed E-state index contributed by atoms with van der Waals surface area (Å²) in [6.07, 6.45) is 6.52. The van der Waals surface area contributed by atoms with Gasteiger partial charge in [-0.15, -0.1) is 0 Å². The van der Waals surface area contributed by atoms with Crippen LogP contribution in [0.3, 0.4) is 0 Å². The molecule has 0 amide bonds. The number of ether oxygens (including phenoxy) is 1. The maximum absolute atomic E-state index is 11.9. The summed E-state index contributed by atoms with van der Waals surface area (Å²) in [5.74, 6) is 0.641. The molecule has 1 atom stereocenters. The lowest BCUT2D eigenvalue weighted by molar-refractivity contribution is -0.151. The van der Waals surface area contributed by atoms with Gasteiger partial charge in [-0.05, 0) is 32.4 Å². The molecular formula is C13H19N3O2. The van der Waals surface area contributed by atoms with Gasteiger partial charge in [0.15, 0.2) is 0 Å². The van der Waals surface area contributed by atoms with Gasteiger partial charge in [0, 0.05) is 12.4 Å². The Morgan fingerprint density at radius 2 is 2.22 bits per heavy atom. The molecule has 2 rings (SSSR count). The molecule has 1 aromatic heterocycles. The van der Waals surface area contributed by atoms with Gasteiger partial charge >= 0.3 is 5.97 Å². The molecule has 1 aliphatic heterocycles. The summed E-state index contributed by atoms with van der Waals surface area (Å²) < 4.78 is 5.13. The number of esters is 1. The first-order chi connectivity index (χ1) is 8.81. The van der Waals surface area contributed by atoms with E-state index in [1.807, 2.05) is 6.92 Å². The van der Waals surface area contributed by atoms with Gasteiger partial charge in [0.2, 0.25) is 0 Å². The number of nitrogens with zero attached hydrogens (tertiary/aromatic N) is 3. The van der Waals surface area contributed by atoms with Gasteiger partial charge in [-0.2, -0.15) is 0 Å². The molecule has 2 heterocycles. The minimum absolute atomic E-state index is 0.117. The Kier molecular flexibility index (Phi) is 4.64. The zero-order valence-electron chi connectivity index (χ0n) is 10.7. The topological polar surface area (TPSA) is 55.3 Å². The fourth-order valence-electron chi connectivity index (χ4n) is 2.28. The smallest absolute Gasteiger partial charge is 0.323 e. The van der Waals surface area contributed by atoms with Crippen LogP contribution in [0.2, 0.25) is 0 Å². The van der Waals surface area contributed by atoms with Gasteiger partial charge in [-0.3, -0.25) is 9.69 Å². The number of carbonyl (C=O) groups is 1. The average molecular weight is 249 g/mol. The van der Waals surface area contributed by atoms with E-state index in [1.165, 1.54) is 0 Å². The van der Waals surface area contributed by atoms with Crippen molar-refractivity contribution in [3.05, 3.63) is 24.3 Å². The highest BCUT2D eigenvalue weighted by Crippen LogP contribution is 2.19. The summed E-state index contributed by atoms with van der Waals surface area (Å²) in [7, 11) is 0. The first-order valence-corrected chi connectivity index (χ1v) is 6.48. The van der Waals surface area contributed by atoms with Gasteiger partial charge in [0.25, 0.3) is 0 Å². The highest BCUT2D eigenvalue weighted by atomic mass is 16.5. The zero-order valence-corrected chi connectivity index (χ0v) is 10.7. The zero-order chi connectivity index (χ0) is 12.8. The number of hydrogen-bond acceptors (Lipinski definition) is 5. The first kappa shape index (κ1) is 13.0. The van der Waals surface area contributed by atoms with E-state index in [0.717, 1.165) is 31.6 Å². The first-order valence-electron chi connectivity index (χ1n) is 6.48. The Morgan fingerprint density at radius 1 is 1.44 bits per heavy atom. The van der Waals surface area contributed by atoms with Crippen molar-refractivity contribution in [3.8, 4) is 0 Å². The van der Waals surface area contributed by atoms with Gasteiger partial charge in [-0.25, -0.2) is 9.97 Å². The van der Waals surface area contributed by atoms with Crippen LogP contribution in [0.4, 0.5) is 0 Å². The quantitative estimate of drug-likeness (QED) is 0.755. The van der Waals surface area contributed by atoms with E-state index < -0.39 is 0 Å². The van der Waals surface area contributed by atoms with E-state index in [0.29, 0.717) is 13.2 Å². The summed E-state index contributed by atoms with van der Waals surface area (Å²) in [5.41, 5.74) is 0. The van der Waals surface area contributed by atoms with Gasteiger partial charge in [-0.1, -0.05) is 6.42 Å². The highest BCUT2D eigenvalue weighted by Gasteiger charge is 2.30. The molecule has 0 aromatic carbocycles. The maximum Gasteiger partial charge on any atom is 0.323 e. The normalized spacial score (nSPS) is 20.6. The lowest BCUT2D eigenvalue weighted by Gasteiger charge is -2.33. The third-order valence-corrected chi connectivity index (χ3v) is 3.14. The van der Waals surface area contributed by atoms with Crippen molar-refractivity contribution in [2.45, 2.75) is 38.8 Å². The molecule has 0 radical (unpaired) electrons. The lowest BCUT2D eigenvalue weighted by Crippen LogP contribution is -2.45. The molecule has 0 N–H and O–H groups in total. The second kappa shape index (κ2) is 6.44. The Hall–Kier alpha value is -1.49. The Morgan fingerprint density at radius 3 is 2.94 bits per heavy atom. The fourth-order valence-corrected chi connectivity index (χ4v) is 2.28. The third kappa shape index (κ3) is 3.26. The molecule has 18 heavy (non-hydrogen) atoms. The van der Waals surface area contributed by atoms with Crippen molar-refractivity contribution in [1.29, 1.82) is 0 Å². The van der Waals surface area contributed by atoms with Crippen molar-refractivity contribution < 1.29 is 9.53 Å². The molecule has 1 aromatic rings. The van der Waals surface area contributed by atoms with E-state index in [4.69, 9.17) is 4.74 Å². The Bertz CT molecular complexity index is 383. The third-order valence-electron chi connectivity index (χ3n) is 3.14. The van der Waals surface area contributed by atoms with Crippen LogP contribution in [0, 0.1) is 0 Å². The van der Waals surface area contributed by atoms with Gasteiger partial charge < -0.3 is 4.74 Å². The largest absolute Gasteiger partial charge is 0.465 e. The average Bonchev–Trinajstić information content (AvgIpc) is 2.41. The molecule has 1 aliphatic rings. The molecule has 98 valence electrons. The van der Waals surface area contributed by atoms with Crippen molar-refractivity contribution in [2.75, 3.05) is 13.2 Å². The summed E-state index contributed by atoms with van der Waals surface area (Å²) >= 11 is 0. The standard InChI is InChI=1S/C13H19N3O2/c1-2-18-13(17)11-6-3-4-9-16(11)10-12-14-7-5-8-15-12/h5,7-8,11H,2-4,6,9-10H2,1H3. The summed E-state index contributed by atoms with van der Waals surface area (Å²) in [6, 6.07) is 1.66. The van der Waals surface area contributed by atoms with Gasteiger partial charge in [0.05, 0.1) is 13.2 Å². The summed E-state index contributed by atoms with van der Waals surface area (Å²) in [5, 5.41) is 0. The van der Waals surface area contributed by atoms with Crippen LogP contribution in [0.25, 0.3) is 0 Å². The van der Waals surface area contributed by atoms with Crippen molar-refractivity contribution in [2.24, 2.45) is 0 Å². The van der Waals surface area contributed by atoms with E-state index in [-0.39, 0.29) is 12.0 Å². The van der Waals surface area contributed by atoms with Crippen molar-refractivity contribution in [1.82, 2.24) is 14.9 Å². The van der Waals surface area contributed by atoms with Gasteiger partial charge in [0.1, 0.15) is 11.9 Å². The molecule has 1 unspecified atom stereocenters. The Balaban J connectivity index is 2.01. The van der Waals surface area contributed by atoms with Crippen LogP contribution in [-0.2, 0) is 16.1 Å². The van der Waals surface area contributed by atoms with Crippen LogP contribution in [0.15, 0.2) is 18.5 Å². The van der Waals surface area contributed by atoms with E-state index in [9.17, 15) is 4.79 Å². The lowest BCUT2D eigenvalue weighted by atomic mass is 10.0. The number of rotatable bonds is 4. The number of piperidine rings is 1. The molecule has 5 heteroatoms. The second-order valence-corrected chi connectivity index (χ2v) is 4.40. The molecular weight excluding hydrogens is 230 g/mol. The molecule has 1 saturated heterocycles. The molecule has 0 spiro atoms. The molecule has 0 bridgehead atoms. The highest BCUT2D eigenvalue weighted by molar-refractivity contribution is 5.75. The number of likely N-dealkylation sites (tertiary alicyclic amines) is 1. The summed E-state index contributed by atoms with van der Waals surface area (Å²) in [6.45, 7) is 3.79. The molecule has 0 saturated carbocycles. The van der Waals surface area contributed by atoms with E-state index in [2.05, 4.69) is 14.9 Å². The monoisotopic (exact) mass is 249 g/mol. The Labute approximate surface area is 107 Å². The predicted molar refractivity (Wildman–Crippen MR) is 66.7 cm³/mol. The van der Waals surface area contributed by atoms with Crippen LogP contribution in [0.5, 0.6) is 0 Å². The van der Waals surface area contributed by atoms with Crippen LogP contribution in [-0.4, -0.2) is 40.0 Å². The van der Waals surface area contributed by atoms with Crippen LogP contribution in [0.1, 0.15) is 32.0 Å². The second-order valence-electron chi connectivity index (χ2n) is 4.40. The number of hydrogen-bond donors (Lipinski definition) is 0. The number of aromatic nitrogens is 2. The molecule has 1 fully saturated rings. The van der Waals surface area contributed by atoms with Crippen LogP contribution < -0.4 is 0 Å². The minimum Gasteiger partial charge on any atom is -0.465 e. The summed E-state index contributed by atoms with van der Waals surface area (Å²) in [4.78, 5) is 22.4. The minimum atomic E-state index is -0.137. The maximum atomic E-state index is 11.9. The van der Waals surface area contributed by atoms with E-state index in [1.54, 1.807) is 18.5 Å². The predicted octanol–water partition coefficient (Wildman–Crippen LogP) is 1.39. The van der Waals surface area contributed by atoms with Crippen LogP contribution >= 0.6 is 0 Å². The fraction of sp³-hybridized carbons (Fsp3) is 0.615. The van der Waals surface area contributed by atoms with Crippen molar-refractivity contribution >= 4 is 5.97 Å². The molecule has 0 aliphatic carbocycles. The van der Waals surface area contributed by atoms with E-state index >= 15 is 0 Å². The molecule has 5 nitrogen and oxygen atoms in total.